The Morgan fingerprint density at radius 1 is 1.17 bits per heavy atom. The molecule has 1 saturated heterocycles. The van der Waals surface area contributed by atoms with E-state index in [9.17, 15) is 4.79 Å². The molecule has 3 aliphatic rings. The van der Waals surface area contributed by atoms with Gasteiger partial charge in [-0.1, -0.05) is 56.0 Å². The molecule has 1 aliphatic carbocycles. The third-order valence-corrected chi connectivity index (χ3v) is 6.91. The fourth-order valence-corrected chi connectivity index (χ4v) is 5.21. The first-order valence-corrected chi connectivity index (χ1v) is 11.1. The van der Waals surface area contributed by atoms with Crippen LogP contribution in [0.5, 0.6) is 0 Å². The van der Waals surface area contributed by atoms with Crippen molar-refractivity contribution in [2.75, 3.05) is 19.6 Å². The molecular weight excluding hydrogens is 360 g/mol. The minimum absolute atomic E-state index is 0.0940. The zero-order chi connectivity index (χ0) is 20.1. The summed E-state index contributed by atoms with van der Waals surface area (Å²) in [6.07, 6.45) is 12.8. The Balaban J connectivity index is 1.33. The minimum atomic E-state index is -0.320. The number of likely N-dealkylation sites (tertiary alicyclic amines) is 1. The summed E-state index contributed by atoms with van der Waals surface area (Å²) in [5.74, 6) is 4.14. The number of hydrogen-bond acceptors (Lipinski definition) is 4. The van der Waals surface area contributed by atoms with Crippen molar-refractivity contribution in [1.29, 1.82) is 0 Å². The Morgan fingerprint density at radius 2 is 1.93 bits per heavy atom. The molecule has 4 rings (SSSR count). The van der Waals surface area contributed by atoms with Crippen molar-refractivity contribution in [3.8, 4) is 12.3 Å². The molecule has 0 bridgehead atoms. The Morgan fingerprint density at radius 3 is 2.62 bits per heavy atom. The second-order valence-corrected chi connectivity index (χ2v) is 8.92. The van der Waals surface area contributed by atoms with Crippen LogP contribution in [-0.4, -0.2) is 36.1 Å². The summed E-state index contributed by atoms with van der Waals surface area (Å²) in [4.78, 5) is 15.6. The van der Waals surface area contributed by atoms with Gasteiger partial charge in [-0.3, -0.25) is 9.69 Å². The summed E-state index contributed by atoms with van der Waals surface area (Å²) in [6, 6.07) is 10.6. The lowest BCUT2D eigenvalue weighted by molar-refractivity contribution is -0.126. The standard InChI is InChI=1S/C24H32N4O/c1-2-3-13-24(26-27-24)14-15-25-23(29)22-18-28(16-19-9-5-4-6-10-19)17-21(22)20-11-7-8-12-20/h1,4-6,9-10,20-22H,3,7-8,11-18H2,(H,25,29)/t21-,22+/m0/s1. The van der Waals surface area contributed by atoms with Crippen molar-refractivity contribution < 1.29 is 4.79 Å². The lowest BCUT2D eigenvalue weighted by Crippen LogP contribution is -2.38. The normalized spacial score (nSPS) is 25.8. The van der Waals surface area contributed by atoms with Gasteiger partial charge in [0.1, 0.15) is 0 Å². The smallest absolute Gasteiger partial charge is 0.224 e. The van der Waals surface area contributed by atoms with Crippen LogP contribution >= 0.6 is 0 Å². The topological polar surface area (TPSA) is 57.1 Å². The third kappa shape index (κ3) is 5.05. The Bertz CT molecular complexity index is 757. The molecule has 5 heteroatoms. The second-order valence-electron chi connectivity index (χ2n) is 8.92. The average molecular weight is 393 g/mol. The molecule has 1 aromatic carbocycles. The first-order valence-electron chi connectivity index (χ1n) is 11.1. The molecule has 0 aromatic heterocycles. The molecule has 5 nitrogen and oxygen atoms in total. The van der Waals surface area contributed by atoms with Crippen molar-refractivity contribution in [2.45, 2.75) is 57.2 Å². The molecule has 1 aromatic rings. The van der Waals surface area contributed by atoms with Gasteiger partial charge in [0.15, 0.2) is 5.66 Å². The summed E-state index contributed by atoms with van der Waals surface area (Å²) >= 11 is 0. The number of carbonyl (C=O) groups excluding carboxylic acids is 1. The largest absolute Gasteiger partial charge is 0.356 e. The maximum absolute atomic E-state index is 13.1. The van der Waals surface area contributed by atoms with E-state index < -0.39 is 0 Å². The summed E-state index contributed by atoms with van der Waals surface area (Å²) < 4.78 is 0. The van der Waals surface area contributed by atoms with Crippen LogP contribution in [0.4, 0.5) is 0 Å². The van der Waals surface area contributed by atoms with Crippen LogP contribution in [0.25, 0.3) is 0 Å². The van der Waals surface area contributed by atoms with Gasteiger partial charge in [0, 0.05) is 45.4 Å². The SMILES string of the molecule is C#CCCC1(CCNC(=O)[C@@H]2CN(Cc3ccccc3)C[C@H]2C2CCCC2)N=N1. The molecule has 1 N–H and O–H groups in total. The monoisotopic (exact) mass is 392 g/mol. The van der Waals surface area contributed by atoms with E-state index in [2.05, 4.69) is 56.7 Å². The maximum Gasteiger partial charge on any atom is 0.224 e. The quantitative estimate of drug-likeness (QED) is 0.646. The van der Waals surface area contributed by atoms with Gasteiger partial charge >= 0.3 is 0 Å². The number of nitrogens with one attached hydrogen (secondary N) is 1. The fraction of sp³-hybridized carbons (Fsp3) is 0.625. The van der Waals surface area contributed by atoms with Gasteiger partial charge in [-0.15, -0.1) is 12.3 Å². The number of terminal acetylenes is 1. The zero-order valence-electron chi connectivity index (χ0n) is 17.2. The summed E-state index contributed by atoms with van der Waals surface area (Å²) in [5, 5.41) is 11.5. The first kappa shape index (κ1) is 20.1. The van der Waals surface area contributed by atoms with E-state index in [1.54, 1.807) is 0 Å². The number of nitrogens with zero attached hydrogens (tertiary/aromatic N) is 3. The molecule has 29 heavy (non-hydrogen) atoms. The number of carbonyl (C=O) groups is 1. The number of amides is 1. The maximum atomic E-state index is 13.1. The summed E-state index contributed by atoms with van der Waals surface area (Å²) in [7, 11) is 0. The molecule has 1 amide bonds. The zero-order valence-corrected chi connectivity index (χ0v) is 17.2. The van der Waals surface area contributed by atoms with Gasteiger partial charge in [-0.05, 0) is 17.4 Å². The summed E-state index contributed by atoms with van der Waals surface area (Å²) in [5.41, 5.74) is 1.01. The van der Waals surface area contributed by atoms with Crippen LogP contribution < -0.4 is 5.32 Å². The number of benzene rings is 1. The van der Waals surface area contributed by atoms with Crippen LogP contribution in [0.15, 0.2) is 40.6 Å². The van der Waals surface area contributed by atoms with Crippen LogP contribution in [-0.2, 0) is 11.3 Å². The first-order chi connectivity index (χ1) is 14.2. The molecule has 2 fully saturated rings. The van der Waals surface area contributed by atoms with E-state index in [-0.39, 0.29) is 17.5 Å². The molecule has 0 unspecified atom stereocenters. The van der Waals surface area contributed by atoms with Crippen LogP contribution in [0.3, 0.4) is 0 Å². The molecule has 2 aliphatic heterocycles. The minimum Gasteiger partial charge on any atom is -0.356 e. The second kappa shape index (κ2) is 9.09. The van der Waals surface area contributed by atoms with Crippen molar-refractivity contribution >= 4 is 5.91 Å². The van der Waals surface area contributed by atoms with Crippen LogP contribution in [0.2, 0.25) is 0 Å². The average Bonchev–Trinajstić information content (AvgIpc) is 3.12. The van der Waals surface area contributed by atoms with E-state index in [0.29, 0.717) is 24.8 Å². The predicted octanol–water partition coefficient (Wildman–Crippen LogP) is 4.01. The van der Waals surface area contributed by atoms with Crippen molar-refractivity contribution in [3.05, 3.63) is 35.9 Å². The molecular formula is C24H32N4O. The molecule has 154 valence electrons. The van der Waals surface area contributed by atoms with Gasteiger partial charge in [-0.2, -0.15) is 10.2 Å². The van der Waals surface area contributed by atoms with Gasteiger partial charge in [0.2, 0.25) is 5.91 Å². The van der Waals surface area contributed by atoms with Gasteiger partial charge in [0.25, 0.3) is 0 Å². The van der Waals surface area contributed by atoms with Crippen molar-refractivity contribution in [2.24, 2.45) is 28.0 Å². The molecule has 2 heterocycles. The van der Waals surface area contributed by atoms with E-state index >= 15 is 0 Å². The fourth-order valence-electron chi connectivity index (χ4n) is 5.21. The van der Waals surface area contributed by atoms with Gasteiger partial charge < -0.3 is 5.32 Å². The highest BCUT2D eigenvalue weighted by Crippen LogP contribution is 2.40. The van der Waals surface area contributed by atoms with E-state index in [1.807, 2.05) is 0 Å². The van der Waals surface area contributed by atoms with Crippen LogP contribution in [0, 0.1) is 30.1 Å². The number of rotatable bonds is 9. The number of hydrogen-bond donors (Lipinski definition) is 1. The highest BCUT2D eigenvalue weighted by molar-refractivity contribution is 5.79. The molecule has 0 radical (unpaired) electrons. The Hall–Kier alpha value is -2.19. The Labute approximate surface area is 174 Å². The molecule has 0 spiro atoms. The highest BCUT2D eigenvalue weighted by atomic mass is 16.2. The lowest BCUT2D eigenvalue weighted by atomic mass is 9.82. The lowest BCUT2D eigenvalue weighted by Gasteiger charge is -2.24. The van der Waals surface area contributed by atoms with E-state index in [0.717, 1.165) is 32.5 Å². The molecule has 2 atom stereocenters. The third-order valence-electron chi connectivity index (χ3n) is 6.91. The summed E-state index contributed by atoms with van der Waals surface area (Å²) in [6.45, 7) is 3.46. The molecule has 1 saturated carbocycles. The predicted molar refractivity (Wildman–Crippen MR) is 114 cm³/mol. The van der Waals surface area contributed by atoms with E-state index in [1.165, 1.54) is 31.2 Å². The van der Waals surface area contributed by atoms with E-state index in [4.69, 9.17) is 6.42 Å². The highest BCUT2D eigenvalue weighted by Gasteiger charge is 2.43. The van der Waals surface area contributed by atoms with Gasteiger partial charge in [0.05, 0.1) is 5.92 Å². The Kier molecular flexibility index (Phi) is 6.30. The van der Waals surface area contributed by atoms with Crippen molar-refractivity contribution in [1.82, 2.24) is 10.2 Å². The van der Waals surface area contributed by atoms with Gasteiger partial charge in [-0.25, -0.2) is 0 Å². The van der Waals surface area contributed by atoms with Crippen molar-refractivity contribution in [3.63, 3.8) is 0 Å². The van der Waals surface area contributed by atoms with Crippen LogP contribution in [0.1, 0.15) is 50.5 Å².